The summed E-state index contributed by atoms with van der Waals surface area (Å²) in [7, 11) is 0. The molecule has 0 saturated carbocycles. The first-order chi connectivity index (χ1) is 13.1. The van der Waals surface area contributed by atoms with E-state index >= 15 is 0 Å². The van der Waals surface area contributed by atoms with E-state index in [1.165, 1.54) is 0 Å². The second-order valence-electron chi connectivity index (χ2n) is 5.73. The number of amides is 1. The highest BCUT2D eigenvalue weighted by Crippen LogP contribution is 2.17. The number of ether oxygens (including phenoxy) is 2. The lowest BCUT2D eigenvalue weighted by molar-refractivity contribution is 0.0938. The van der Waals surface area contributed by atoms with Crippen LogP contribution < -0.4 is 25.6 Å². The molecular formula is C20H23N3O3S. The lowest BCUT2D eigenvalue weighted by atomic mass is 10.2. The van der Waals surface area contributed by atoms with E-state index in [-0.39, 0.29) is 5.91 Å². The SMILES string of the molecule is C=C(C)CNC(=S)NNC(=O)c1ccccc1OCCOc1ccccc1. The molecule has 142 valence electrons. The van der Waals surface area contributed by atoms with E-state index in [0.717, 1.165) is 11.3 Å². The molecule has 0 bridgehead atoms. The zero-order chi connectivity index (χ0) is 19.5. The predicted octanol–water partition coefficient (Wildman–Crippen LogP) is 2.83. The molecule has 0 saturated heterocycles. The van der Waals surface area contributed by atoms with E-state index in [1.807, 2.05) is 37.3 Å². The number of para-hydroxylation sites is 2. The summed E-state index contributed by atoms with van der Waals surface area (Å²) in [5.74, 6) is 0.885. The number of thiocarbonyl (C=S) groups is 1. The molecule has 0 spiro atoms. The van der Waals surface area contributed by atoms with Crippen molar-refractivity contribution in [3.8, 4) is 11.5 Å². The lowest BCUT2D eigenvalue weighted by Crippen LogP contribution is -2.47. The Morgan fingerprint density at radius 2 is 1.67 bits per heavy atom. The van der Waals surface area contributed by atoms with Gasteiger partial charge in [-0.05, 0) is 43.4 Å². The number of rotatable bonds is 8. The van der Waals surface area contributed by atoms with Gasteiger partial charge in [0.05, 0.1) is 5.56 Å². The first-order valence-electron chi connectivity index (χ1n) is 8.44. The Morgan fingerprint density at radius 3 is 2.41 bits per heavy atom. The molecule has 2 rings (SSSR count). The number of hydrogen-bond donors (Lipinski definition) is 3. The minimum atomic E-state index is -0.353. The second kappa shape index (κ2) is 10.8. The molecule has 0 aliphatic rings. The van der Waals surface area contributed by atoms with Crippen molar-refractivity contribution in [1.82, 2.24) is 16.2 Å². The third-order valence-corrected chi connectivity index (χ3v) is 3.57. The van der Waals surface area contributed by atoms with Crippen molar-refractivity contribution in [1.29, 1.82) is 0 Å². The van der Waals surface area contributed by atoms with Crippen LogP contribution in [0, 0.1) is 0 Å². The van der Waals surface area contributed by atoms with E-state index in [4.69, 9.17) is 21.7 Å². The molecule has 0 fully saturated rings. The van der Waals surface area contributed by atoms with E-state index in [1.54, 1.807) is 24.3 Å². The fourth-order valence-electron chi connectivity index (χ4n) is 2.06. The van der Waals surface area contributed by atoms with E-state index < -0.39 is 0 Å². The van der Waals surface area contributed by atoms with E-state index in [0.29, 0.717) is 36.2 Å². The maximum atomic E-state index is 12.4. The van der Waals surface area contributed by atoms with Crippen LogP contribution in [-0.2, 0) is 0 Å². The zero-order valence-electron chi connectivity index (χ0n) is 15.2. The highest BCUT2D eigenvalue weighted by molar-refractivity contribution is 7.80. The van der Waals surface area contributed by atoms with Crippen molar-refractivity contribution >= 4 is 23.2 Å². The monoisotopic (exact) mass is 385 g/mol. The molecule has 0 unspecified atom stereocenters. The molecule has 2 aromatic rings. The highest BCUT2D eigenvalue weighted by Gasteiger charge is 2.12. The molecule has 0 radical (unpaired) electrons. The van der Waals surface area contributed by atoms with Crippen LogP contribution in [0.2, 0.25) is 0 Å². The van der Waals surface area contributed by atoms with Crippen LogP contribution in [-0.4, -0.2) is 30.8 Å². The van der Waals surface area contributed by atoms with Gasteiger partial charge in [-0.15, -0.1) is 0 Å². The lowest BCUT2D eigenvalue weighted by Gasteiger charge is -2.14. The molecule has 0 aliphatic carbocycles. The molecule has 0 aliphatic heterocycles. The van der Waals surface area contributed by atoms with Gasteiger partial charge < -0.3 is 14.8 Å². The summed E-state index contributed by atoms with van der Waals surface area (Å²) in [4.78, 5) is 12.4. The second-order valence-corrected chi connectivity index (χ2v) is 6.13. The standard InChI is InChI=1S/C20H23N3O3S/c1-15(2)14-21-20(27)23-22-19(24)17-10-6-7-11-18(17)26-13-12-25-16-8-4-3-5-9-16/h3-11H,1,12-14H2,2H3,(H,22,24)(H2,21,23,27). The molecule has 27 heavy (non-hydrogen) atoms. The van der Waals surface area contributed by atoms with Gasteiger partial charge >= 0.3 is 0 Å². The molecule has 0 heterocycles. The van der Waals surface area contributed by atoms with Gasteiger partial charge in [0, 0.05) is 6.54 Å². The van der Waals surface area contributed by atoms with Crippen LogP contribution >= 0.6 is 12.2 Å². The Hall–Kier alpha value is -3.06. The summed E-state index contributed by atoms with van der Waals surface area (Å²) in [6.45, 7) is 6.86. The minimum absolute atomic E-state index is 0.306. The normalized spacial score (nSPS) is 9.81. The van der Waals surface area contributed by atoms with E-state index in [9.17, 15) is 4.79 Å². The largest absolute Gasteiger partial charge is 0.490 e. The summed E-state index contributed by atoms with van der Waals surface area (Å²) in [6, 6.07) is 16.4. The third kappa shape index (κ3) is 7.37. The van der Waals surface area contributed by atoms with Crippen LogP contribution in [0.5, 0.6) is 11.5 Å². The van der Waals surface area contributed by atoms with Crippen LogP contribution in [0.3, 0.4) is 0 Å². The summed E-state index contributed by atoms with van der Waals surface area (Å²) in [6.07, 6.45) is 0. The first kappa shape index (κ1) is 20.3. The maximum absolute atomic E-state index is 12.4. The van der Waals surface area contributed by atoms with Gasteiger partial charge in [-0.2, -0.15) is 0 Å². The van der Waals surface area contributed by atoms with Gasteiger partial charge in [-0.1, -0.05) is 42.5 Å². The van der Waals surface area contributed by atoms with Crippen LogP contribution in [0.15, 0.2) is 66.7 Å². The molecule has 6 nitrogen and oxygen atoms in total. The Morgan fingerprint density at radius 1 is 1.00 bits per heavy atom. The Bertz CT molecular complexity index is 781. The smallest absolute Gasteiger partial charge is 0.273 e. The molecule has 0 aromatic heterocycles. The van der Waals surface area contributed by atoms with Gasteiger partial charge in [-0.25, -0.2) is 0 Å². The molecule has 0 atom stereocenters. The number of carbonyl (C=O) groups is 1. The van der Waals surface area contributed by atoms with Gasteiger partial charge in [0.1, 0.15) is 24.7 Å². The predicted molar refractivity (Wildman–Crippen MR) is 110 cm³/mol. The minimum Gasteiger partial charge on any atom is -0.490 e. The summed E-state index contributed by atoms with van der Waals surface area (Å²) < 4.78 is 11.3. The van der Waals surface area contributed by atoms with Gasteiger partial charge in [-0.3, -0.25) is 15.6 Å². The number of benzene rings is 2. The molecule has 3 N–H and O–H groups in total. The summed E-state index contributed by atoms with van der Waals surface area (Å²) in [5, 5.41) is 3.23. The maximum Gasteiger partial charge on any atom is 0.273 e. The summed E-state index contributed by atoms with van der Waals surface area (Å²) >= 11 is 5.08. The number of hydrogen-bond acceptors (Lipinski definition) is 4. The number of hydrazine groups is 1. The van der Waals surface area contributed by atoms with Crippen molar-refractivity contribution in [2.45, 2.75) is 6.92 Å². The molecular weight excluding hydrogens is 362 g/mol. The Kier molecular flexibility index (Phi) is 8.12. The zero-order valence-corrected chi connectivity index (χ0v) is 16.0. The van der Waals surface area contributed by atoms with Crippen molar-refractivity contribution in [2.75, 3.05) is 19.8 Å². The molecule has 7 heteroatoms. The Labute approximate surface area is 164 Å². The van der Waals surface area contributed by atoms with Gasteiger partial charge in [0.2, 0.25) is 0 Å². The fraction of sp³-hybridized carbons (Fsp3) is 0.200. The molecule has 2 aromatic carbocycles. The van der Waals surface area contributed by atoms with E-state index in [2.05, 4.69) is 22.7 Å². The van der Waals surface area contributed by atoms with Crippen molar-refractivity contribution in [3.63, 3.8) is 0 Å². The Balaban J connectivity index is 1.82. The average molecular weight is 385 g/mol. The van der Waals surface area contributed by atoms with Crippen LogP contribution in [0.4, 0.5) is 0 Å². The third-order valence-electron chi connectivity index (χ3n) is 3.32. The average Bonchev–Trinajstić information content (AvgIpc) is 2.69. The number of carbonyl (C=O) groups excluding carboxylic acids is 1. The van der Waals surface area contributed by atoms with Gasteiger partial charge in [0.25, 0.3) is 5.91 Å². The van der Waals surface area contributed by atoms with Gasteiger partial charge in [0.15, 0.2) is 5.11 Å². The topological polar surface area (TPSA) is 71.6 Å². The first-order valence-corrected chi connectivity index (χ1v) is 8.85. The number of nitrogens with one attached hydrogen (secondary N) is 3. The van der Waals surface area contributed by atoms with Crippen molar-refractivity contribution in [3.05, 3.63) is 72.3 Å². The van der Waals surface area contributed by atoms with Crippen molar-refractivity contribution in [2.24, 2.45) is 0 Å². The van der Waals surface area contributed by atoms with Crippen LogP contribution in [0.1, 0.15) is 17.3 Å². The van der Waals surface area contributed by atoms with Crippen LogP contribution in [0.25, 0.3) is 0 Å². The van der Waals surface area contributed by atoms with Crippen molar-refractivity contribution < 1.29 is 14.3 Å². The highest BCUT2D eigenvalue weighted by atomic mass is 32.1. The summed E-state index contributed by atoms with van der Waals surface area (Å²) in [5.41, 5.74) is 6.53. The fourth-order valence-corrected chi connectivity index (χ4v) is 2.19. The molecule has 1 amide bonds. The quantitative estimate of drug-likeness (QED) is 0.281.